The maximum Gasteiger partial charge on any atom is 0.695 e. The smallest absolute Gasteiger partial charge is 0.453 e. The molecule has 0 aliphatic carbocycles. The van der Waals surface area contributed by atoms with Gasteiger partial charge in [-0.25, -0.2) is 38.0 Å². The molecule has 2 aromatic carbocycles. The number of piperazine rings is 1. The number of hydrogen-bond acceptors (Lipinski definition) is 15. The maximum absolute atomic E-state index is 16.2. The number of carbonyl (C=O) groups excluding carboxylic acids is 4. The van der Waals surface area contributed by atoms with Crippen LogP contribution in [0.4, 0.5) is 59.4 Å². The van der Waals surface area contributed by atoms with Crippen molar-refractivity contribution >= 4 is 38.2 Å². The standard InChI is InChI=1S/C52H58F10N11O10P/c1-49(2,51(57,58)59)41(66-47(76)80-5)43(74)65-39(17-29-10-7-28(8-11-29)9-12-30-20-63-46(64-21-30)70-22-32-13-14-33(23-70)73(32)34-26-82-27-34)40(83-84(78)79)25-71(69-44(75)42(67-48(77)81-6)50(3,4)52(60,61)62)24-35-36(53)18-31(19-37(35)54)38-15-16-72(68-38)45(55)56/h7-8,10-11,15-16,18-21,32-34,39-42,45H,13-14,17,22-27H2,1-6H3,(H4-,65,66,67,69,74,75,76,77,78,79)/p+1. The predicted molar refractivity (Wildman–Crippen MR) is 276 cm³/mol. The number of nitrogens with one attached hydrogen (secondary N) is 4. The lowest BCUT2D eigenvalue weighted by molar-refractivity contribution is -0.221. The van der Waals surface area contributed by atoms with Crippen LogP contribution in [0.5, 0.6) is 0 Å². The van der Waals surface area contributed by atoms with Crippen LogP contribution in [0.3, 0.4) is 0 Å². The summed E-state index contributed by atoms with van der Waals surface area (Å²) in [5.41, 5.74) is -5.06. The molecule has 0 saturated carbocycles. The zero-order valence-electron chi connectivity index (χ0n) is 45.7. The van der Waals surface area contributed by atoms with Gasteiger partial charge >= 0.3 is 39.3 Å². The largest absolute Gasteiger partial charge is 0.695 e. The average Bonchev–Trinajstić information content (AvgIpc) is 2.35. The van der Waals surface area contributed by atoms with Crippen molar-refractivity contribution in [2.45, 2.75) is 115 Å². The van der Waals surface area contributed by atoms with E-state index in [4.69, 9.17) is 9.26 Å². The third kappa shape index (κ3) is 15.2. The first-order chi connectivity index (χ1) is 39.4. The molecule has 5 heterocycles. The third-order valence-corrected chi connectivity index (χ3v) is 15.3. The minimum atomic E-state index is -5.29. The lowest BCUT2D eigenvalue weighted by Crippen LogP contribution is -2.63. The molecule has 3 saturated heterocycles. The number of hydrogen-bond donors (Lipinski definition) is 5. The number of fused-ring (bicyclic) bond motifs is 2. The molecule has 4 aromatic rings. The molecule has 7 atom stereocenters. The fourth-order valence-corrected chi connectivity index (χ4v) is 10.2. The number of rotatable bonds is 21. The Bertz CT molecular complexity index is 3050. The van der Waals surface area contributed by atoms with Crippen LogP contribution in [0, 0.1) is 34.3 Å². The van der Waals surface area contributed by atoms with Gasteiger partial charge in [-0.15, -0.1) is 9.42 Å². The van der Waals surface area contributed by atoms with E-state index >= 15 is 8.78 Å². The maximum atomic E-state index is 16.2. The van der Waals surface area contributed by atoms with Gasteiger partial charge in [-0.2, -0.15) is 40.2 Å². The van der Waals surface area contributed by atoms with E-state index in [9.17, 15) is 63.8 Å². The van der Waals surface area contributed by atoms with Gasteiger partial charge in [-0.3, -0.25) is 19.9 Å². The zero-order chi connectivity index (χ0) is 61.6. The molecule has 21 nitrogen and oxygen atoms in total. The van der Waals surface area contributed by atoms with Gasteiger partial charge in [0.15, 0.2) is 6.10 Å². The Labute approximate surface area is 475 Å². The van der Waals surface area contributed by atoms with E-state index in [0.717, 1.165) is 65.6 Å². The number of ether oxygens (including phenoxy) is 3. The summed E-state index contributed by atoms with van der Waals surface area (Å²) in [6.07, 6.45) is -10.3. The van der Waals surface area contributed by atoms with Crippen molar-refractivity contribution in [2.75, 3.05) is 52.0 Å². The van der Waals surface area contributed by atoms with Crippen LogP contribution >= 0.6 is 8.25 Å². The number of anilines is 1. The SMILES string of the molecule is COC(=O)NC(C(=O)NC(Cc1ccc(C#Cc2cnc(N3CC4CCC(C3)N4C3COC3)nc2)cc1)C(CN(Cc1c(F)cc(-c2ccn(C(F)F)n2)cc1F)NC(=O)C(NC(=O)OC)C(C)(C)C(F)(F)F)O[P+](=O)O)C(C)(C)C(F)(F)F. The van der Waals surface area contributed by atoms with Crippen LogP contribution in [-0.2, 0) is 45.9 Å². The Hall–Kier alpha value is -7.23. The van der Waals surface area contributed by atoms with Gasteiger partial charge in [0, 0.05) is 71.6 Å². The number of amides is 4. The topological polar surface area (TPSA) is 244 Å². The fraction of sp³-hybridized carbons (Fsp3) is 0.519. The first-order valence-corrected chi connectivity index (χ1v) is 26.9. The van der Waals surface area contributed by atoms with E-state index in [0.29, 0.717) is 80.0 Å². The molecule has 4 amide bonds. The number of alkyl halides is 8. The number of nitrogens with zero attached hydrogens (tertiary/aromatic N) is 7. The lowest BCUT2D eigenvalue weighted by Gasteiger charge is -2.47. The normalized spacial score (nSPS) is 18.4. The van der Waals surface area contributed by atoms with Gasteiger partial charge in [0.2, 0.25) is 11.9 Å². The molecule has 3 aliphatic rings. The number of halogens is 10. The summed E-state index contributed by atoms with van der Waals surface area (Å²) < 4.78 is 180. The van der Waals surface area contributed by atoms with E-state index < -0.39 is 128 Å². The number of methoxy groups -OCH3 is 2. The molecule has 5 N–H and O–H groups in total. The zero-order valence-corrected chi connectivity index (χ0v) is 46.6. The van der Waals surface area contributed by atoms with E-state index in [1.165, 1.54) is 24.3 Å². The molecule has 84 heavy (non-hydrogen) atoms. The lowest BCUT2D eigenvalue weighted by atomic mass is 9.82. The first kappa shape index (κ1) is 64.3. The second kappa shape index (κ2) is 26.4. The van der Waals surface area contributed by atoms with Crippen LogP contribution in [0.2, 0.25) is 0 Å². The van der Waals surface area contributed by atoms with Gasteiger partial charge in [0.1, 0.15) is 23.7 Å². The molecule has 32 heteroatoms. The Kier molecular flexibility index (Phi) is 20.2. The monoisotopic (exact) mass is 1220 g/mol. The minimum Gasteiger partial charge on any atom is -0.453 e. The highest BCUT2D eigenvalue weighted by Crippen LogP contribution is 2.42. The Morgan fingerprint density at radius 3 is 1.81 bits per heavy atom. The van der Waals surface area contributed by atoms with E-state index in [-0.39, 0.29) is 15.9 Å². The molecular weight excluding hydrogens is 1160 g/mol. The van der Waals surface area contributed by atoms with Crippen molar-refractivity contribution < 1.29 is 91.3 Å². The highest BCUT2D eigenvalue weighted by atomic mass is 31.1. The van der Waals surface area contributed by atoms with E-state index in [1.807, 2.05) is 10.7 Å². The number of benzene rings is 2. The van der Waals surface area contributed by atoms with Crippen molar-refractivity contribution in [1.82, 2.24) is 51.0 Å². The Morgan fingerprint density at radius 2 is 1.33 bits per heavy atom. The summed E-state index contributed by atoms with van der Waals surface area (Å²) >= 11 is 0. The van der Waals surface area contributed by atoms with Crippen molar-refractivity contribution in [3.05, 3.63) is 94.9 Å². The van der Waals surface area contributed by atoms with Crippen molar-refractivity contribution in [2.24, 2.45) is 10.8 Å². The average molecular weight is 1220 g/mol. The molecule has 3 aliphatic heterocycles. The quantitative estimate of drug-likeness (QED) is 0.0253. The van der Waals surface area contributed by atoms with Gasteiger partial charge in [0.05, 0.1) is 68.1 Å². The fourth-order valence-electron chi connectivity index (χ4n) is 9.76. The van der Waals surface area contributed by atoms with Crippen molar-refractivity contribution in [3.63, 3.8) is 0 Å². The van der Waals surface area contributed by atoms with Crippen LogP contribution < -0.4 is 26.3 Å². The van der Waals surface area contributed by atoms with Gasteiger partial charge in [-0.1, -0.05) is 24.0 Å². The van der Waals surface area contributed by atoms with Crippen molar-refractivity contribution in [1.29, 1.82) is 0 Å². The molecule has 0 spiro atoms. The minimum absolute atomic E-state index is 0.174. The van der Waals surface area contributed by atoms with Crippen LogP contribution in [0.15, 0.2) is 61.1 Å². The molecule has 2 bridgehead atoms. The van der Waals surface area contributed by atoms with Gasteiger partial charge < -0.3 is 35.1 Å². The first-order valence-electron chi connectivity index (χ1n) is 25.8. The molecule has 456 valence electrons. The van der Waals surface area contributed by atoms with Crippen LogP contribution in [0.25, 0.3) is 11.3 Å². The summed E-state index contributed by atoms with van der Waals surface area (Å²) in [6, 6.07) is 2.06. The molecule has 0 radical (unpaired) electrons. The summed E-state index contributed by atoms with van der Waals surface area (Å²) in [5.74, 6) is 0.0855. The Balaban J connectivity index is 1.23. The summed E-state index contributed by atoms with van der Waals surface area (Å²) in [4.78, 5) is 77.5. The van der Waals surface area contributed by atoms with Crippen molar-refractivity contribution in [3.8, 4) is 23.1 Å². The number of hydrazine groups is 1. The Morgan fingerprint density at radius 1 is 0.798 bits per heavy atom. The number of aromatic nitrogens is 4. The highest BCUT2D eigenvalue weighted by Gasteiger charge is 2.58. The van der Waals surface area contributed by atoms with Gasteiger partial charge in [-0.05, 0) is 82.9 Å². The summed E-state index contributed by atoms with van der Waals surface area (Å²) in [6.45, 7) is -0.573. The second-order valence-corrected chi connectivity index (χ2v) is 21.8. The summed E-state index contributed by atoms with van der Waals surface area (Å²) in [7, 11) is -2.34. The molecule has 7 unspecified atom stereocenters. The highest BCUT2D eigenvalue weighted by molar-refractivity contribution is 7.32. The van der Waals surface area contributed by atoms with Gasteiger partial charge in [0.25, 0.3) is 5.91 Å². The number of carbonyl (C=O) groups is 4. The van der Waals surface area contributed by atoms with Crippen LogP contribution in [-0.4, -0.2) is 160 Å². The molecular formula is C52H59F10N11O10P+. The van der Waals surface area contributed by atoms with Crippen LogP contribution in [0.1, 0.15) is 69.3 Å². The predicted octanol–water partition coefficient (Wildman–Crippen LogP) is 6.69. The van der Waals surface area contributed by atoms with E-state index in [1.54, 1.807) is 17.7 Å². The molecule has 7 rings (SSSR count). The summed E-state index contributed by atoms with van der Waals surface area (Å²) in [5, 5.41) is 9.86. The van der Waals surface area contributed by atoms with E-state index in [2.05, 4.69) is 51.5 Å². The molecule has 3 fully saturated rings. The number of alkyl carbamates (subject to hydrolysis) is 2. The second-order valence-electron chi connectivity index (χ2n) is 21.2. The third-order valence-electron chi connectivity index (χ3n) is 14.9. The molecule has 2 aromatic heterocycles.